The highest BCUT2D eigenvalue weighted by Crippen LogP contribution is 2.44. The molecule has 1 fully saturated rings. The molecular formula is C20H21NO3. The molecule has 2 aromatic carbocycles. The second kappa shape index (κ2) is 5.64. The number of nitrogens with zero attached hydrogens (tertiary/aromatic N) is 1. The average molecular weight is 323 g/mol. The number of carbonyl (C=O) groups is 1. The Balaban J connectivity index is 1.48. The molecule has 0 bridgehead atoms. The quantitative estimate of drug-likeness (QED) is 0.942. The van der Waals surface area contributed by atoms with Gasteiger partial charge in [0.25, 0.3) is 0 Å². The fourth-order valence-corrected chi connectivity index (χ4v) is 3.70. The van der Waals surface area contributed by atoms with E-state index in [1.807, 2.05) is 31.2 Å². The summed E-state index contributed by atoms with van der Waals surface area (Å²) in [6.45, 7) is 2.98. The second-order valence-corrected chi connectivity index (χ2v) is 6.74. The molecule has 2 aromatic rings. The minimum Gasteiger partial charge on any atom is -0.448 e. The van der Waals surface area contributed by atoms with Gasteiger partial charge >= 0.3 is 6.09 Å². The van der Waals surface area contributed by atoms with Gasteiger partial charge in [0, 0.05) is 5.92 Å². The van der Waals surface area contributed by atoms with Crippen LogP contribution in [0, 0.1) is 0 Å². The number of carbonyl (C=O) groups excluding carboxylic acids is 1. The number of hydrogen-bond donors (Lipinski definition) is 1. The van der Waals surface area contributed by atoms with Crippen molar-refractivity contribution >= 4 is 6.09 Å². The molecule has 1 N–H and O–H groups in total. The van der Waals surface area contributed by atoms with Crippen LogP contribution >= 0.6 is 0 Å². The Hall–Kier alpha value is -2.33. The van der Waals surface area contributed by atoms with E-state index in [-0.39, 0.29) is 12.0 Å². The van der Waals surface area contributed by atoms with Crippen molar-refractivity contribution < 1.29 is 14.6 Å². The normalized spacial score (nSPS) is 17.8. The van der Waals surface area contributed by atoms with E-state index in [0.29, 0.717) is 26.1 Å². The maximum atomic E-state index is 12.2. The number of rotatable bonds is 3. The predicted octanol–water partition coefficient (Wildman–Crippen LogP) is 3.39. The molecule has 0 radical (unpaired) electrons. The van der Waals surface area contributed by atoms with Crippen molar-refractivity contribution in [1.82, 2.24) is 4.90 Å². The molecule has 0 saturated carbocycles. The third-order valence-corrected chi connectivity index (χ3v) is 5.22. The van der Waals surface area contributed by atoms with Gasteiger partial charge in [-0.2, -0.15) is 0 Å². The molecule has 1 aliphatic heterocycles. The van der Waals surface area contributed by atoms with Gasteiger partial charge in [-0.05, 0) is 28.7 Å². The smallest absolute Gasteiger partial charge is 0.409 e. The molecule has 4 heteroatoms. The van der Waals surface area contributed by atoms with Crippen LogP contribution in [0.4, 0.5) is 4.79 Å². The van der Waals surface area contributed by atoms with Gasteiger partial charge in [-0.15, -0.1) is 0 Å². The SMILES string of the molecule is CCC1(O)CN(C(=O)OCC2c3ccccc3-c3ccccc32)C1. The minimum absolute atomic E-state index is 0.0766. The summed E-state index contributed by atoms with van der Waals surface area (Å²) >= 11 is 0. The first kappa shape index (κ1) is 15.2. The molecule has 0 spiro atoms. The molecule has 0 unspecified atom stereocenters. The lowest BCUT2D eigenvalue weighted by atomic mass is 9.92. The zero-order valence-corrected chi connectivity index (χ0v) is 13.7. The van der Waals surface area contributed by atoms with Crippen LogP contribution in [0.25, 0.3) is 11.1 Å². The summed E-state index contributed by atoms with van der Waals surface area (Å²) in [7, 11) is 0. The molecule has 4 rings (SSSR count). The van der Waals surface area contributed by atoms with Gasteiger partial charge in [-0.25, -0.2) is 4.79 Å². The van der Waals surface area contributed by atoms with Crippen LogP contribution in [-0.4, -0.2) is 41.4 Å². The summed E-state index contributed by atoms with van der Waals surface area (Å²) in [5.74, 6) is 0.0766. The van der Waals surface area contributed by atoms with E-state index in [4.69, 9.17) is 4.74 Å². The van der Waals surface area contributed by atoms with Crippen LogP contribution in [-0.2, 0) is 4.74 Å². The summed E-state index contributed by atoms with van der Waals surface area (Å²) in [6, 6.07) is 16.6. The Morgan fingerprint density at radius 2 is 1.67 bits per heavy atom. The highest BCUT2D eigenvalue weighted by atomic mass is 16.6. The summed E-state index contributed by atoms with van der Waals surface area (Å²) in [5, 5.41) is 10.0. The largest absolute Gasteiger partial charge is 0.448 e. The molecule has 1 heterocycles. The van der Waals surface area contributed by atoms with Crippen molar-refractivity contribution in [3.63, 3.8) is 0 Å². The van der Waals surface area contributed by atoms with Crippen molar-refractivity contribution in [2.45, 2.75) is 24.9 Å². The lowest BCUT2D eigenvalue weighted by Gasteiger charge is -2.45. The van der Waals surface area contributed by atoms with Crippen LogP contribution in [0.15, 0.2) is 48.5 Å². The standard InChI is InChI=1S/C20H21NO3/c1-2-20(23)12-21(13-20)19(22)24-11-18-16-9-5-3-7-14(16)15-8-4-6-10-17(15)18/h3-10,18,23H,2,11-13H2,1H3. The molecule has 4 nitrogen and oxygen atoms in total. The van der Waals surface area contributed by atoms with Crippen LogP contribution < -0.4 is 0 Å². The Labute approximate surface area is 141 Å². The fraction of sp³-hybridized carbons (Fsp3) is 0.350. The molecule has 1 aliphatic carbocycles. The Morgan fingerprint density at radius 1 is 1.12 bits per heavy atom. The summed E-state index contributed by atoms with van der Waals surface area (Å²) in [5.41, 5.74) is 4.13. The number of likely N-dealkylation sites (tertiary alicyclic amines) is 1. The van der Waals surface area contributed by atoms with Gasteiger partial charge in [0.1, 0.15) is 6.61 Å². The van der Waals surface area contributed by atoms with Gasteiger partial charge < -0.3 is 14.7 Å². The van der Waals surface area contributed by atoms with E-state index >= 15 is 0 Å². The van der Waals surface area contributed by atoms with Crippen molar-refractivity contribution in [2.24, 2.45) is 0 Å². The van der Waals surface area contributed by atoms with Crippen LogP contribution in [0.5, 0.6) is 0 Å². The van der Waals surface area contributed by atoms with Crippen molar-refractivity contribution in [2.75, 3.05) is 19.7 Å². The van der Waals surface area contributed by atoms with E-state index in [1.54, 1.807) is 4.90 Å². The highest BCUT2D eigenvalue weighted by molar-refractivity contribution is 5.79. The first-order valence-electron chi connectivity index (χ1n) is 8.43. The van der Waals surface area contributed by atoms with Crippen molar-refractivity contribution in [3.05, 3.63) is 59.7 Å². The topological polar surface area (TPSA) is 49.8 Å². The zero-order chi connectivity index (χ0) is 16.7. The second-order valence-electron chi connectivity index (χ2n) is 6.74. The van der Waals surface area contributed by atoms with E-state index in [1.165, 1.54) is 22.3 Å². The third kappa shape index (κ3) is 2.38. The van der Waals surface area contributed by atoms with Gasteiger partial charge in [-0.1, -0.05) is 55.5 Å². The average Bonchev–Trinajstić information content (AvgIpc) is 2.91. The fourth-order valence-electron chi connectivity index (χ4n) is 3.70. The monoisotopic (exact) mass is 323 g/mol. The van der Waals surface area contributed by atoms with Gasteiger partial charge in [-0.3, -0.25) is 0 Å². The molecule has 1 saturated heterocycles. The molecular weight excluding hydrogens is 302 g/mol. The number of ether oxygens (including phenoxy) is 1. The summed E-state index contributed by atoms with van der Waals surface area (Å²) in [4.78, 5) is 13.8. The number of aliphatic hydroxyl groups is 1. The predicted molar refractivity (Wildman–Crippen MR) is 91.9 cm³/mol. The minimum atomic E-state index is -0.731. The molecule has 1 amide bonds. The summed E-state index contributed by atoms with van der Waals surface area (Å²) < 4.78 is 5.56. The van der Waals surface area contributed by atoms with Crippen LogP contribution in [0.1, 0.15) is 30.4 Å². The third-order valence-electron chi connectivity index (χ3n) is 5.22. The van der Waals surface area contributed by atoms with E-state index in [2.05, 4.69) is 24.3 Å². The number of hydrogen-bond acceptors (Lipinski definition) is 3. The number of fused-ring (bicyclic) bond motifs is 3. The van der Waals surface area contributed by atoms with Crippen molar-refractivity contribution in [1.29, 1.82) is 0 Å². The summed E-state index contributed by atoms with van der Waals surface area (Å²) in [6.07, 6.45) is 0.315. The zero-order valence-electron chi connectivity index (χ0n) is 13.7. The first-order chi connectivity index (χ1) is 11.6. The highest BCUT2D eigenvalue weighted by Gasteiger charge is 2.43. The van der Waals surface area contributed by atoms with E-state index < -0.39 is 5.60 Å². The Kier molecular flexibility index (Phi) is 3.57. The lowest BCUT2D eigenvalue weighted by Crippen LogP contribution is -2.63. The van der Waals surface area contributed by atoms with Gasteiger partial charge in [0.2, 0.25) is 0 Å². The molecule has 2 aliphatic rings. The molecule has 124 valence electrons. The van der Waals surface area contributed by atoms with E-state index in [9.17, 15) is 9.90 Å². The van der Waals surface area contributed by atoms with Gasteiger partial charge in [0.05, 0.1) is 18.7 Å². The molecule has 24 heavy (non-hydrogen) atoms. The number of β-amino-alcohol motifs (C(OH)–C–C–N with tert-alkyl or cyclic N) is 1. The van der Waals surface area contributed by atoms with E-state index in [0.717, 1.165) is 0 Å². The molecule has 0 atom stereocenters. The Morgan fingerprint density at radius 3 is 2.21 bits per heavy atom. The lowest BCUT2D eigenvalue weighted by molar-refractivity contribution is -0.0904. The first-order valence-corrected chi connectivity index (χ1v) is 8.43. The Bertz CT molecular complexity index is 734. The number of benzene rings is 2. The van der Waals surface area contributed by atoms with Crippen molar-refractivity contribution in [3.8, 4) is 11.1 Å². The maximum Gasteiger partial charge on any atom is 0.409 e. The van der Waals surface area contributed by atoms with Gasteiger partial charge in [0.15, 0.2) is 0 Å². The van der Waals surface area contributed by atoms with Crippen LogP contribution in [0.2, 0.25) is 0 Å². The maximum absolute atomic E-state index is 12.2. The van der Waals surface area contributed by atoms with Crippen LogP contribution in [0.3, 0.4) is 0 Å². The number of amides is 1. The molecule has 0 aromatic heterocycles.